The molecule has 0 radical (unpaired) electrons. The largest absolute Gasteiger partial charge is 0.457 e. The van der Waals surface area contributed by atoms with Crippen molar-refractivity contribution in [2.75, 3.05) is 5.32 Å². The Kier molecular flexibility index (Phi) is 6.16. The maximum absolute atomic E-state index is 13.0. The third kappa shape index (κ3) is 4.45. The van der Waals surface area contributed by atoms with E-state index in [-0.39, 0.29) is 16.8 Å². The molecule has 0 unspecified atom stereocenters. The molecule has 0 bridgehead atoms. The van der Waals surface area contributed by atoms with Crippen LogP contribution in [0.4, 0.5) is 5.69 Å². The third-order valence-corrected chi connectivity index (χ3v) is 5.73. The summed E-state index contributed by atoms with van der Waals surface area (Å²) in [6, 6.07) is 22.0. The van der Waals surface area contributed by atoms with Crippen molar-refractivity contribution in [1.29, 1.82) is 5.26 Å². The van der Waals surface area contributed by atoms with Crippen molar-refractivity contribution in [2.24, 2.45) is 7.05 Å². The number of aromatic nitrogens is 2. The molecule has 0 aliphatic rings. The fourth-order valence-corrected chi connectivity index (χ4v) is 3.65. The first-order chi connectivity index (χ1) is 15.9. The summed E-state index contributed by atoms with van der Waals surface area (Å²) >= 11 is 3.39. The molecule has 2 heterocycles. The van der Waals surface area contributed by atoms with E-state index >= 15 is 0 Å². The van der Waals surface area contributed by atoms with Crippen molar-refractivity contribution in [3.05, 3.63) is 98.6 Å². The molecule has 0 saturated heterocycles. The summed E-state index contributed by atoms with van der Waals surface area (Å²) in [5, 5.41) is 12.1. The first-order valence-electron chi connectivity index (χ1n) is 10.0. The second-order valence-electron chi connectivity index (χ2n) is 7.27. The van der Waals surface area contributed by atoms with E-state index in [1.807, 2.05) is 48.5 Å². The minimum atomic E-state index is -0.690. The third-order valence-electron chi connectivity index (χ3n) is 5.20. The Hall–Kier alpha value is -4.09. The Labute approximate surface area is 198 Å². The SMILES string of the molecule is Cc1c(NC(=O)/C(C#N)=C/c2ccc(-c3ccc(Br)cc3)o2)c(=O)n(-c2ccccc2)n1C. The zero-order valence-electron chi connectivity index (χ0n) is 17.9. The van der Waals surface area contributed by atoms with E-state index < -0.39 is 5.91 Å². The number of nitrogens with zero attached hydrogens (tertiary/aromatic N) is 3. The highest BCUT2D eigenvalue weighted by atomic mass is 79.9. The van der Waals surface area contributed by atoms with Gasteiger partial charge in [-0.15, -0.1) is 0 Å². The molecule has 0 saturated carbocycles. The quantitative estimate of drug-likeness (QED) is 0.305. The highest BCUT2D eigenvalue weighted by Crippen LogP contribution is 2.25. The average molecular weight is 503 g/mol. The Balaban J connectivity index is 1.61. The molecule has 2 aromatic heterocycles. The minimum Gasteiger partial charge on any atom is -0.457 e. The summed E-state index contributed by atoms with van der Waals surface area (Å²) in [7, 11) is 1.73. The lowest BCUT2D eigenvalue weighted by Gasteiger charge is -2.07. The maximum atomic E-state index is 13.0. The fraction of sp³-hybridized carbons (Fsp3) is 0.0800. The number of hydrogen-bond acceptors (Lipinski definition) is 4. The molecular formula is C25H19BrN4O3. The summed E-state index contributed by atoms with van der Waals surface area (Å²) in [6.45, 7) is 1.73. The van der Waals surface area contributed by atoms with Crippen LogP contribution in [0.15, 0.2) is 86.0 Å². The number of nitrogens with one attached hydrogen (secondary N) is 1. The van der Waals surface area contributed by atoms with Gasteiger partial charge in [0.15, 0.2) is 0 Å². The number of hydrogen-bond donors (Lipinski definition) is 1. The van der Waals surface area contributed by atoms with Crippen molar-refractivity contribution in [2.45, 2.75) is 6.92 Å². The van der Waals surface area contributed by atoms with Gasteiger partial charge in [0.25, 0.3) is 11.5 Å². The van der Waals surface area contributed by atoms with Crippen LogP contribution in [0.2, 0.25) is 0 Å². The normalized spacial score (nSPS) is 11.3. The predicted molar refractivity (Wildman–Crippen MR) is 130 cm³/mol. The van der Waals surface area contributed by atoms with Crippen LogP contribution < -0.4 is 10.9 Å². The fourth-order valence-electron chi connectivity index (χ4n) is 3.38. The van der Waals surface area contributed by atoms with Crippen LogP contribution in [0, 0.1) is 18.3 Å². The average Bonchev–Trinajstić information content (AvgIpc) is 3.37. The zero-order chi connectivity index (χ0) is 23.5. The lowest BCUT2D eigenvalue weighted by Crippen LogP contribution is -2.23. The van der Waals surface area contributed by atoms with Gasteiger partial charge in [0.1, 0.15) is 28.9 Å². The second kappa shape index (κ2) is 9.18. The lowest BCUT2D eigenvalue weighted by molar-refractivity contribution is -0.112. The van der Waals surface area contributed by atoms with Crippen molar-refractivity contribution in [3.8, 4) is 23.1 Å². The lowest BCUT2D eigenvalue weighted by atomic mass is 10.2. The Bertz CT molecular complexity index is 1450. The summed E-state index contributed by atoms with van der Waals surface area (Å²) in [4.78, 5) is 25.8. The molecule has 4 aromatic rings. The van der Waals surface area contributed by atoms with Gasteiger partial charge < -0.3 is 9.73 Å². The first-order valence-corrected chi connectivity index (χ1v) is 10.8. The van der Waals surface area contributed by atoms with Crippen molar-refractivity contribution in [3.63, 3.8) is 0 Å². The van der Waals surface area contributed by atoms with Gasteiger partial charge in [-0.2, -0.15) is 5.26 Å². The minimum absolute atomic E-state index is 0.113. The van der Waals surface area contributed by atoms with E-state index in [1.54, 1.807) is 42.9 Å². The number of carbonyl (C=O) groups excluding carboxylic acids is 1. The van der Waals surface area contributed by atoms with Crippen LogP contribution in [0.3, 0.4) is 0 Å². The zero-order valence-corrected chi connectivity index (χ0v) is 19.5. The second-order valence-corrected chi connectivity index (χ2v) is 8.19. The molecule has 4 rings (SSSR count). The molecule has 1 N–H and O–H groups in total. The smallest absolute Gasteiger partial charge is 0.295 e. The molecule has 0 atom stereocenters. The van der Waals surface area contributed by atoms with Crippen molar-refractivity contribution in [1.82, 2.24) is 9.36 Å². The number of rotatable bonds is 5. The highest BCUT2D eigenvalue weighted by molar-refractivity contribution is 9.10. The van der Waals surface area contributed by atoms with Crippen LogP contribution in [-0.4, -0.2) is 15.3 Å². The standard InChI is InChI=1S/C25H19BrN4O3/c1-16-23(25(32)30(29(16)2)20-6-4-3-5-7-20)28-24(31)18(15-27)14-21-12-13-22(33-21)17-8-10-19(26)11-9-17/h3-14H,1-2H3,(H,28,31)/b18-14+. The van der Waals surface area contributed by atoms with E-state index in [2.05, 4.69) is 21.2 Å². The number of amides is 1. The number of furan rings is 1. The van der Waals surface area contributed by atoms with Gasteiger partial charge in [-0.1, -0.05) is 46.3 Å². The summed E-state index contributed by atoms with van der Waals surface area (Å²) < 4.78 is 9.83. The van der Waals surface area contributed by atoms with Crippen molar-refractivity contribution >= 4 is 33.6 Å². The van der Waals surface area contributed by atoms with Gasteiger partial charge in [-0.3, -0.25) is 14.3 Å². The van der Waals surface area contributed by atoms with Gasteiger partial charge in [-0.25, -0.2) is 4.68 Å². The summed E-state index contributed by atoms with van der Waals surface area (Å²) in [5.74, 6) is 0.271. The Morgan fingerprint density at radius 1 is 1.09 bits per heavy atom. The molecule has 1 amide bonds. The van der Waals surface area contributed by atoms with Crippen LogP contribution in [0.5, 0.6) is 0 Å². The Morgan fingerprint density at radius 2 is 1.79 bits per heavy atom. The van der Waals surface area contributed by atoms with E-state index in [0.29, 0.717) is 22.9 Å². The summed E-state index contributed by atoms with van der Waals surface area (Å²) in [5.41, 5.74) is 1.64. The molecular weight excluding hydrogens is 484 g/mol. The van der Waals surface area contributed by atoms with E-state index in [4.69, 9.17) is 4.42 Å². The number of halogens is 1. The monoisotopic (exact) mass is 502 g/mol. The van der Waals surface area contributed by atoms with Gasteiger partial charge in [0, 0.05) is 23.2 Å². The molecule has 0 fully saturated rings. The van der Waals surface area contributed by atoms with E-state index in [0.717, 1.165) is 10.0 Å². The van der Waals surface area contributed by atoms with Gasteiger partial charge in [0.2, 0.25) is 0 Å². The number of anilines is 1. The topological polar surface area (TPSA) is 93.0 Å². The number of nitriles is 1. The van der Waals surface area contributed by atoms with Crippen LogP contribution in [0.1, 0.15) is 11.5 Å². The molecule has 0 aliphatic carbocycles. The Morgan fingerprint density at radius 3 is 2.45 bits per heavy atom. The van der Waals surface area contributed by atoms with Gasteiger partial charge >= 0.3 is 0 Å². The van der Waals surface area contributed by atoms with E-state index in [1.165, 1.54) is 10.8 Å². The highest BCUT2D eigenvalue weighted by Gasteiger charge is 2.20. The number of para-hydroxylation sites is 1. The summed E-state index contributed by atoms with van der Waals surface area (Å²) in [6.07, 6.45) is 1.35. The predicted octanol–water partition coefficient (Wildman–Crippen LogP) is 5.05. The van der Waals surface area contributed by atoms with E-state index in [9.17, 15) is 14.9 Å². The van der Waals surface area contributed by atoms with Crippen LogP contribution >= 0.6 is 15.9 Å². The van der Waals surface area contributed by atoms with Gasteiger partial charge in [0.05, 0.1) is 11.4 Å². The van der Waals surface area contributed by atoms with Crippen LogP contribution in [-0.2, 0) is 11.8 Å². The number of benzene rings is 2. The molecule has 8 heteroatoms. The van der Waals surface area contributed by atoms with Gasteiger partial charge in [-0.05, 0) is 43.3 Å². The number of carbonyl (C=O) groups is 1. The molecule has 0 aliphatic heterocycles. The molecule has 164 valence electrons. The van der Waals surface area contributed by atoms with Crippen molar-refractivity contribution < 1.29 is 9.21 Å². The molecule has 0 spiro atoms. The molecule has 7 nitrogen and oxygen atoms in total. The maximum Gasteiger partial charge on any atom is 0.295 e. The molecule has 33 heavy (non-hydrogen) atoms. The van der Waals surface area contributed by atoms with Crippen LogP contribution in [0.25, 0.3) is 23.1 Å². The molecule has 2 aromatic carbocycles. The first kappa shape index (κ1) is 22.1.